The molecular formula is C22H21ClN4O3S2. The summed E-state index contributed by atoms with van der Waals surface area (Å²) in [6.07, 6.45) is 1.70. The summed E-state index contributed by atoms with van der Waals surface area (Å²) in [5, 5.41) is 4.66. The van der Waals surface area contributed by atoms with Gasteiger partial charge in [-0.05, 0) is 36.2 Å². The average Bonchev–Trinajstić information content (AvgIpc) is 3.13. The molecule has 4 aromatic rings. The van der Waals surface area contributed by atoms with Crippen LogP contribution in [0.25, 0.3) is 20.4 Å². The number of pyridine rings is 1. The second kappa shape index (κ2) is 9.48. The van der Waals surface area contributed by atoms with E-state index in [2.05, 4.69) is 10.3 Å². The number of thioether (sulfide) groups is 1. The van der Waals surface area contributed by atoms with Crippen LogP contribution in [0, 0.1) is 5.92 Å². The van der Waals surface area contributed by atoms with Crippen LogP contribution >= 0.6 is 34.7 Å². The quantitative estimate of drug-likeness (QED) is 0.289. The van der Waals surface area contributed by atoms with Gasteiger partial charge in [-0.25, -0.2) is 9.97 Å². The van der Waals surface area contributed by atoms with E-state index in [1.54, 1.807) is 29.0 Å². The minimum absolute atomic E-state index is 0.0754. The van der Waals surface area contributed by atoms with E-state index in [1.165, 1.54) is 30.2 Å². The van der Waals surface area contributed by atoms with E-state index < -0.39 is 0 Å². The summed E-state index contributed by atoms with van der Waals surface area (Å²) >= 11 is 8.62. The number of methoxy groups -OCH3 is 1. The molecule has 0 aliphatic carbocycles. The Bertz CT molecular complexity index is 1370. The number of halogens is 1. The van der Waals surface area contributed by atoms with Gasteiger partial charge < -0.3 is 10.1 Å². The number of carbonyl (C=O) groups is 1. The predicted octanol–water partition coefficient (Wildman–Crippen LogP) is 5.06. The fourth-order valence-electron chi connectivity index (χ4n) is 3.27. The first-order chi connectivity index (χ1) is 15.4. The molecule has 1 amide bonds. The summed E-state index contributed by atoms with van der Waals surface area (Å²) in [7, 11) is 1.53. The highest BCUT2D eigenvalue weighted by atomic mass is 35.5. The van der Waals surface area contributed by atoms with Crippen LogP contribution in [0.3, 0.4) is 0 Å². The molecule has 0 saturated heterocycles. The third-order valence-electron chi connectivity index (χ3n) is 4.63. The van der Waals surface area contributed by atoms with Gasteiger partial charge >= 0.3 is 0 Å². The van der Waals surface area contributed by atoms with Gasteiger partial charge in [-0.3, -0.25) is 14.2 Å². The number of fused-ring (bicyclic) bond motifs is 3. The SMILES string of the molecule is COc1ccc(Cl)cc1NC(=O)CSc1nc2c(sc3ncccc32)c(=O)n1CC(C)C. The molecule has 0 saturated carbocycles. The fraction of sp³-hybridized carbons (Fsp3) is 0.273. The van der Waals surface area contributed by atoms with Gasteiger partial charge in [-0.1, -0.05) is 37.2 Å². The molecule has 0 atom stereocenters. The van der Waals surface area contributed by atoms with E-state index in [1.807, 2.05) is 26.0 Å². The molecule has 166 valence electrons. The second-order valence-electron chi connectivity index (χ2n) is 7.52. The zero-order chi connectivity index (χ0) is 22.8. The molecule has 0 radical (unpaired) electrons. The van der Waals surface area contributed by atoms with Gasteiger partial charge in [0.05, 0.1) is 24.1 Å². The van der Waals surface area contributed by atoms with Crippen molar-refractivity contribution in [2.45, 2.75) is 25.5 Å². The predicted molar refractivity (Wildman–Crippen MR) is 131 cm³/mol. The molecule has 0 aliphatic rings. The Hall–Kier alpha value is -2.62. The first-order valence-electron chi connectivity index (χ1n) is 9.91. The molecule has 7 nitrogen and oxygen atoms in total. The molecule has 0 unspecified atom stereocenters. The maximum absolute atomic E-state index is 13.3. The number of nitrogens with zero attached hydrogens (tertiary/aromatic N) is 3. The standard InChI is InChI=1S/C22H21ClN4O3S2/c1-12(2)10-27-21(29)19-18(14-5-4-8-24-20(14)32-19)26-22(27)31-11-17(28)25-15-9-13(23)6-7-16(15)30-3/h4-9,12H,10-11H2,1-3H3,(H,25,28). The van der Waals surface area contributed by atoms with Crippen LogP contribution < -0.4 is 15.6 Å². The van der Waals surface area contributed by atoms with Gasteiger partial charge in [-0.2, -0.15) is 0 Å². The maximum atomic E-state index is 13.3. The van der Waals surface area contributed by atoms with Crippen LogP contribution in [0.1, 0.15) is 13.8 Å². The van der Waals surface area contributed by atoms with Crippen molar-refractivity contribution in [1.82, 2.24) is 14.5 Å². The molecule has 0 bridgehead atoms. The van der Waals surface area contributed by atoms with Gasteiger partial charge in [0.2, 0.25) is 5.91 Å². The lowest BCUT2D eigenvalue weighted by Gasteiger charge is -2.14. The zero-order valence-corrected chi connectivity index (χ0v) is 20.1. The smallest absolute Gasteiger partial charge is 0.272 e. The van der Waals surface area contributed by atoms with E-state index in [0.29, 0.717) is 38.4 Å². The van der Waals surface area contributed by atoms with Crippen LogP contribution in [0.4, 0.5) is 5.69 Å². The van der Waals surface area contributed by atoms with Crippen molar-refractivity contribution in [3.05, 3.63) is 51.9 Å². The van der Waals surface area contributed by atoms with E-state index >= 15 is 0 Å². The fourth-order valence-corrected chi connectivity index (χ4v) is 5.28. The Morgan fingerprint density at radius 2 is 2.16 bits per heavy atom. The summed E-state index contributed by atoms with van der Waals surface area (Å²) in [6, 6.07) is 8.75. The molecule has 0 aliphatic heterocycles. The molecule has 0 fully saturated rings. The number of ether oxygens (including phenoxy) is 1. The number of anilines is 1. The van der Waals surface area contributed by atoms with Crippen LogP contribution in [0.2, 0.25) is 5.02 Å². The van der Waals surface area contributed by atoms with Crippen molar-refractivity contribution in [2.75, 3.05) is 18.2 Å². The van der Waals surface area contributed by atoms with Crippen LogP contribution in [0.5, 0.6) is 5.75 Å². The van der Waals surface area contributed by atoms with E-state index in [4.69, 9.17) is 21.3 Å². The van der Waals surface area contributed by atoms with Crippen LogP contribution in [-0.4, -0.2) is 33.3 Å². The third-order valence-corrected chi connectivity index (χ3v) is 6.94. The topological polar surface area (TPSA) is 86.1 Å². The molecule has 3 heterocycles. The number of carbonyl (C=O) groups excluding carboxylic acids is 1. The molecule has 4 rings (SSSR count). The second-order valence-corrected chi connectivity index (χ2v) is 9.90. The minimum atomic E-state index is -0.252. The Kier molecular flexibility index (Phi) is 6.68. The third kappa shape index (κ3) is 4.60. The van der Waals surface area contributed by atoms with Crippen molar-refractivity contribution in [1.29, 1.82) is 0 Å². The van der Waals surface area contributed by atoms with Crippen molar-refractivity contribution in [3.8, 4) is 5.75 Å². The number of thiophene rings is 1. The Morgan fingerprint density at radius 3 is 2.91 bits per heavy atom. The van der Waals surface area contributed by atoms with Crippen LogP contribution in [-0.2, 0) is 11.3 Å². The van der Waals surface area contributed by atoms with Crippen molar-refractivity contribution < 1.29 is 9.53 Å². The average molecular weight is 489 g/mol. The molecule has 3 aromatic heterocycles. The summed E-state index contributed by atoms with van der Waals surface area (Å²) in [5.41, 5.74) is 1.01. The molecule has 0 spiro atoms. The zero-order valence-electron chi connectivity index (χ0n) is 17.7. The van der Waals surface area contributed by atoms with Crippen LogP contribution in [0.15, 0.2) is 46.5 Å². The number of nitrogens with one attached hydrogen (secondary N) is 1. The van der Waals surface area contributed by atoms with Gasteiger partial charge in [-0.15, -0.1) is 11.3 Å². The highest BCUT2D eigenvalue weighted by Crippen LogP contribution is 2.31. The van der Waals surface area contributed by atoms with Gasteiger partial charge in [0, 0.05) is 23.2 Å². The van der Waals surface area contributed by atoms with Gasteiger partial charge in [0.15, 0.2) is 5.16 Å². The monoisotopic (exact) mass is 488 g/mol. The minimum Gasteiger partial charge on any atom is -0.495 e. The summed E-state index contributed by atoms with van der Waals surface area (Å²) in [5.74, 6) is 0.578. The lowest BCUT2D eigenvalue weighted by atomic mass is 10.2. The Balaban J connectivity index is 1.65. The first-order valence-corrected chi connectivity index (χ1v) is 12.1. The highest BCUT2D eigenvalue weighted by Gasteiger charge is 2.18. The van der Waals surface area contributed by atoms with Crippen molar-refractivity contribution >= 4 is 66.7 Å². The lowest BCUT2D eigenvalue weighted by molar-refractivity contribution is -0.113. The lowest BCUT2D eigenvalue weighted by Crippen LogP contribution is -2.25. The number of benzene rings is 1. The largest absolute Gasteiger partial charge is 0.495 e. The number of aromatic nitrogens is 3. The number of hydrogen-bond donors (Lipinski definition) is 1. The van der Waals surface area contributed by atoms with E-state index in [9.17, 15) is 9.59 Å². The van der Waals surface area contributed by atoms with Crippen molar-refractivity contribution in [3.63, 3.8) is 0 Å². The highest BCUT2D eigenvalue weighted by molar-refractivity contribution is 7.99. The van der Waals surface area contributed by atoms with Crippen molar-refractivity contribution in [2.24, 2.45) is 5.92 Å². The van der Waals surface area contributed by atoms with Gasteiger partial charge in [0.1, 0.15) is 15.3 Å². The molecule has 32 heavy (non-hydrogen) atoms. The molecule has 1 N–H and O–H groups in total. The summed E-state index contributed by atoms with van der Waals surface area (Å²) < 4.78 is 7.51. The molecular weight excluding hydrogens is 468 g/mol. The van der Waals surface area contributed by atoms with E-state index in [-0.39, 0.29) is 23.1 Å². The van der Waals surface area contributed by atoms with E-state index in [0.717, 1.165) is 10.2 Å². The van der Waals surface area contributed by atoms with Gasteiger partial charge in [0.25, 0.3) is 5.56 Å². The molecule has 1 aromatic carbocycles. The number of hydrogen-bond acceptors (Lipinski definition) is 7. The summed E-state index contributed by atoms with van der Waals surface area (Å²) in [6.45, 7) is 4.58. The number of amides is 1. The Labute approximate surface area is 197 Å². The normalized spacial score (nSPS) is 11.4. The summed E-state index contributed by atoms with van der Waals surface area (Å²) in [4.78, 5) is 35.8. The maximum Gasteiger partial charge on any atom is 0.272 e. The molecule has 10 heteroatoms. The first kappa shape index (κ1) is 22.6. The number of rotatable bonds is 7. The Morgan fingerprint density at radius 1 is 1.34 bits per heavy atom.